The predicted molar refractivity (Wildman–Crippen MR) is 77.8 cm³/mol. The minimum atomic E-state index is -0.324. The Labute approximate surface area is 125 Å². The maximum Gasteiger partial charge on any atom is 0.150 e. The number of alkyl halides is 2. The Morgan fingerprint density at radius 2 is 1.26 bits per heavy atom. The van der Waals surface area contributed by atoms with Gasteiger partial charge in [-0.3, -0.25) is 9.59 Å². The van der Waals surface area contributed by atoms with Gasteiger partial charge in [0.25, 0.3) is 0 Å². The fourth-order valence-electron chi connectivity index (χ4n) is 3.63. The first-order valence-corrected chi connectivity index (χ1v) is 8.03. The van der Waals surface area contributed by atoms with Gasteiger partial charge in [0.1, 0.15) is 0 Å². The van der Waals surface area contributed by atoms with Gasteiger partial charge in [0.2, 0.25) is 0 Å². The van der Waals surface area contributed by atoms with Crippen LogP contribution in [0.4, 0.5) is 0 Å². The zero-order valence-electron chi connectivity index (χ0n) is 11.6. The molecule has 0 aliphatic heterocycles. The SMILES string of the molecule is CC(C)(C1CCC(=O)C(Cl)C1)C1CCC(=O)C(Cl)C1. The molecule has 0 aromatic heterocycles. The molecule has 4 heteroatoms. The van der Waals surface area contributed by atoms with E-state index in [4.69, 9.17) is 23.2 Å². The fraction of sp³-hybridized carbons (Fsp3) is 0.867. The minimum Gasteiger partial charge on any atom is -0.298 e. The summed E-state index contributed by atoms with van der Waals surface area (Å²) in [6.07, 6.45) is 4.57. The van der Waals surface area contributed by atoms with Crippen LogP contribution in [0.3, 0.4) is 0 Å². The molecular formula is C15H22Cl2O2. The van der Waals surface area contributed by atoms with Crippen molar-refractivity contribution in [1.82, 2.24) is 0 Å². The van der Waals surface area contributed by atoms with Gasteiger partial charge in [-0.05, 0) is 42.9 Å². The van der Waals surface area contributed by atoms with E-state index in [9.17, 15) is 9.59 Å². The van der Waals surface area contributed by atoms with Gasteiger partial charge in [-0.15, -0.1) is 23.2 Å². The fourth-order valence-corrected chi connectivity index (χ4v) is 4.28. The molecule has 2 rings (SSSR count). The highest BCUT2D eigenvalue weighted by atomic mass is 35.5. The lowest BCUT2D eigenvalue weighted by molar-refractivity contribution is -0.122. The Morgan fingerprint density at radius 1 is 0.895 bits per heavy atom. The number of rotatable bonds is 2. The van der Waals surface area contributed by atoms with E-state index in [1.165, 1.54) is 0 Å². The molecule has 2 aliphatic rings. The number of carbonyl (C=O) groups excluding carboxylic acids is 2. The van der Waals surface area contributed by atoms with Crippen LogP contribution in [-0.2, 0) is 9.59 Å². The van der Waals surface area contributed by atoms with Gasteiger partial charge in [-0.25, -0.2) is 0 Å². The van der Waals surface area contributed by atoms with Crippen molar-refractivity contribution in [3.05, 3.63) is 0 Å². The molecule has 0 saturated heterocycles. The van der Waals surface area contributed by atoms with Crippen molar-refractivity contribution in [1.29, 1.82) is 0 Å². The van der Waals surface area contributed by atoms with E-state index in [-0.39, 0.29) is 27.7 Å². The van der Waals surface area contributed by atoms with Crippen molar-refractivity contribution in [3.63, 3.8) is 0 Å². The van der Waals surface area contributed by atoms with Crippen LogP contribution < -0.4 is 0 Å². The standard InChI is InChI=1S/C15H22Cl2O2/c1-15(2,9-3-5-13(18)11(16)7-9)10-4-6-14(19)12(17)8-10/h9-12H,3-8H2,1-2H3. The van der Waals surface area contributed by atoms with Gasteiger partial charge < -0.3 is 0 Å². The largest absolute Gasteiger partial charge is 0.298 e. The second-order valence-corrected chi connectivity index (χ2v) is 7.69. The monoisotopic (exact) mass is 304 g/mol. The topological polar surface area (TPSA) is 34.1 Å². The third-order valence-electron chi connectivity index (χ3n) is 5.26. The third kappa shape index (κ3) is 3.16. The Morgan fingerprint density at radius 3 is 1.58 bits per heavy atom. The number of hydrogen-bond donors (Lipinski definition) is 0. The van der Waals surface area contributed by atoms with Crippen molar-refractivity contribution >= 4 is 34.8 Å². The molecule has 0 bridgehead atoms. The van der Waals surface area contributed by atoms with E-state index in [1.807, 2.05) is 0 Å². The van der Waals surface area contributed by atoms with Crippen LogP contribution in [0, 0.1) is 17.3 Å². The van der Waals surface area contributed by atoms with Gasteiger partial charge in [0.05, 0.1) is 10.8 Å². The summed E-state index contributed by atoms with van der Waals surface area (Å²) in [5.74, 6) is 1.27. The van der Waals surface area contributed by atoms with Crippen molar-refractivity contribution in [2.24, 2.45) is 17.3 Å². The van der Waals surface area contributed by atoms with Crippen LogP contribution in [0.15, 0.2) is 0 Å². The predicted octanol–water partition coefficient (Wildman–Crippen LogP) is 3.97. The lowest BCUT2D eigenvalue weighted by Gasteiger charge is -2.45. The van der Waals surface area contributed by atoms with Crippen LogP contribution in [0.2, 0.25) is 0 Å². The maximum atomic E-state index is 11.5. The van der Waals surface area contributed by atoms with E-state index in [0.29, 0.717) is 24.7 Å². The van der Waals surface area contributed by atoms with E-state index < -0.39 is 0 Å². The van der Waals surface area contributed by atoms with Gasteiger partial charge in [0.15, 0.2) is 11.6 Å². The summed E-state index contributed by atoms with van der Waals surface area (Å²) in [7, 11) is 0. The van der Waals surface area contributed by atoms with Gasteiger partial charge in [0, 0.05) is 12.8 Å². The van der Waals surface area contributed by atoms with Crippen LogP contribution in [0.1, 0.15) is 52.4 Å². The highest BCUT2D eigenvalue weighted by Crippen LogP contribution is 2.48. The average molecular weight is 305 g/mol. The molecule has 0 aromatic rings. The number of ketones is 2. The average Bonchev–Trinajstić information content (AvgIpc) is 2.35. The summed E-state index contributed by atoms with van der Waals surface area (Å²) in [5, 5.41) is -0.648. The van der Waals surface area contributed by atoms with E-state index >= 15 is 0 Å². The molecule has 0 spiro atoms. The normalized spacial score (nSPS) is 37.5. The van der Waals surface area contributed by atoms with Crippen molar-refractivity contribution in [3.8, 4) is 0 Å². The zero-order valence-corrected chi connectivity index (χ0v) is 13.1. The zero-order chi connectivity index (χ0) is 14.2. The minimum absolute atomic E-state index is 0.0989. The molecule has 0 amide bonds. The molecule has 2 saturated carbocycles. The summed E-state index contributed by atoms with van der Waals surface area (Å²) in [6.45, 7) is 4.50. The summed E-state index contributed by atoms with van der Waals surface area (Å²) in [5.41, 5.74) is 0.0989. The third-order valence-corrected chi connectivity index (χ3v) is 6.11. The van der Waals surface area contributed by atoms with Crippen LogP contribution in [0.5, 0.6) is 0 Å². The smallest absolute Gasteiger partial charge is 0.150 e. The first-order chi connectivity index (χ1) is 8.82. The first-order valence-electron chi connectivity index (χ1n) is 7.16. The second kappa shape index (κ2) is 5.73. The van der Waals surface area contributed by atoms with Crippen LogP contribution >= 0.6 is 23.2 Å². The van der Waals surface area contributed by atoms with Crippen LogP contribution in [0.25, 0.3) is 0 Å². The van der Waals surface area contributed by atoms with Gasteiger partial charge >= 0.3 is 0 Å². The maximum absolute atomic E-state index is 11.5. The molecule has 0 radical (unpaired) electrons. The second-order valence-electron chi connectivity index (χ2n) is 6.63. The lowest BCUT2D eigenvalue weighted by Crippen LogP contribution is -2.42. The molecule has 2 aliphatic carbocycles. The van der Waals surface area contributed by atoms with E-state index in [0.717, 1.165) is 25.7 Å². The summed E-state index contributed by atoms with van der Waals surface area (Å²) in [6, 6.07) is 0. The molecule has 0 aromatic carbocycles. The molecule has 19 heavy (non-hydrogen) atoms. The Bertz CT molecular complexity index is 344. The highest BCUT2D eigenvalue weighted by molar-refractivity contribution is 6.31. The molecule has 0 heterocycles. The number of hydrogen-bond acceptors (Lipinski definition) is 2. The molecule has 2 fully saturated rings. The van der Waals surface area contributed by atoms with E-state index in [1.54, 1.807) is 0 Å². The molecule has 0 N–H and O–H groups in total. The molecular weight excluding hydrogens is 283 g/mol. The summed E-state index contributed by atoms with van der Waals surface area (Å²) < 4.78 is 0. The number of halogens is 2. The highest BCUT2D eigenvalue weighted by Gasteiger charge is 2.43. The van der Waals surface area contributed by atoms with Crippen molar-refractivity contribution in [2.75, 3.05) is 0 Å². The number of Topliss-reactive ketones (excluding diaryl/α,β-unsaturated/α-hetero) is 2. The Hall–Kier alpha value is -0.0800. The Balaban J connectivity index is 2.05. The molecule has 2 nitrogen and oxygen atoms in total. The van der Waals surface area contributed by atoms with Gasteiger partial charge in [-0.1, -0.05) is 13.8 Å². The van der Waals surface area contributed by atoms with Crippen molar-refractivity contribution < 1.29 is 9.59 Å². The molecule has 4 unspecified atom stereocenters. The first kappa shape index (κ1) is 15.3. The molecule has 108 valence electrons. The molecule has 4 atom stereocenters. The number of carbonyl (C=O) groups is 2. The van der Waals surface area contributed by atoms with Crippen LogP contribution in [-0.4, -0.2) is 22.3 Å². The summed E-state index contributed by atoms with van der Waals surface area (Å²) in [4.78, 5) is 23.1. The van der Waals surface area contributed by atoms with Gasteiger partial charge in [-0.2, -0.15) is 0 Å². The van der Waals surface area contributed by atoms with Crippen molar-refractivity contribution in [2.45, 2.75) is 63.1 Å². The quantitative estimate of drug-likeness (QED) is 0.724. The summed E-state index contributed by atoms with van der Waals surface area (Å²) >= 11 is 12.3. The lowest BCUT2D eigenvalue weighted by atomic mass is 9.60. The Kier molecular flexibility index (Phi) is 4.62. The van der Waals surface area contributed by atoms with E-state index in [2.05, 4.69) is 13.8 Å².